The molecule has 2 rings (SSSR count). The van der Waals surface area contributed by atoms with Crippen molar-refractivity contribution in [2.45, 2.75) is 13.0 Å². The molecule has 0 aliphatic rings. The second-order valence-electron chi connectivity index (χ2n) is 3.11. The van der Waals surface area contributed by atoms with E-state index in [2.05, 4.69) is 18.2 Å². The van der Waals surface area contributed by atoms with Crippen molar-refractivity contribution in [3.8, 4) is 9.75 Å². The molecule has 2 aromatic rings. The summed E-state index contributed by atoms with van der Waals surface area (Å²) >= 11 is 3.39. The molecule has 92 valence electrons. The van der Waals surface area contributed by atoms with Crippen molar-refractivity contribution in [2.24, 2.45) is 5.73 Å². The van der Waals surface area contributed by atoms with Gasteiger partial charge in [0.1, 0.15) is 6.29 Å². The number of hydrogen-bond donors (Lipinski definition) is 2. The van der Waals surface area contributed by atoms with Gasteiger partial charge in [-0.1, -0.05) is 0 Å². The summed E-state index contributed by atoms with van der Waals surface area (Å²) in [6.45, 7) is 0.594. The summed E-state index contributed by atoms with van der Waals surface area (Å²) in [5, 5.41) is 7.00. The van der Waals surface area contributed by atoms with Gasteiger partial charge in [-0.2, -0.15) is 0 Å². The Balaban J connectivity index is 0.000000686. The molecule has 2 heterocycles. The summed E-state index contributed by atoms with van der Waals surface area (Å²) in [6.07, 6.45) is 1.45. The SMILES string of the molecule is CO.NCc1ccc(-c2ccc(CC=O)s2)s1. The zero-order valence-corrected chi connectivity index (χ0v) is 11.2. The first kappa shape index (κ1) is 14.1. The van der Waals surface area contributed by atoms with Gasteiger partial charge >= 0.3 is 0 Å². The summed E-state index contributed by atoms with van der Waals surface area (Å²) in [5.74, 6) is 0. The Morgan fingerprint density at radius 3 is 2.12 bits per heavy atom. The zero-order valence-electron chi connectivity index (χ0n) is 9.55. The lowest BCUT2D eigenvalue weighted by Crippen LogP contribution is -1.90. The van der Waals surface area contributed by atoms with Gasteiger partial charge in [0, 0.05) is 39.6 Å². The zero-order chi connectivity index (χ0) is 12.7. The molecule has 3 N–H and O–H groups in total. The minimum Gasteiger partial charge on any atom is -0.400 e. The van der Waals surface area contributed by atoms with Crippen molar-refractivity contribution < 1.29 is 9.90 Å². The molecular weight excluding hydrogens is 254 g/mol. The van der Waals surface area contributed by atoms with E-state index < -0.39 is 0 Å². The Morgan fingerprint density at radius 1 is 1.12 bits per heavy atom. The van der Waals surface area contributed by atoms with E-state index >= 15 is 0 Å². The number of aliphatic hydroxyl groups is 1. The van der Waals surface area contributed by atoms with Crippen molar-refractivity contribution in [3.63, 3.8) is 0 Å². The molecule has 0 radical (unpaired) electrons. The van der Waals surface area contributed by atoms with E-state index in [9.17, 15) is 4.79 Å². The van der Waals surface area contributed by atoms with Gasteiger partial charge < -0.3 is 15.6 Å². The van der Waals surface area contributed by atoms with E-state index in [4.69, 9.17) is 10.8 Å². The smallest absolute Gasteiger partial charge is 0.125 e. The number of nitrogens with two attached hydrogens (primary N) is 1. The van der Waals surface area contributed by atoms with E-state index in [1.807, 2.05) is 6.07 Å². The van der Waals surface area contributed by atoms with Crippen LogP contribution in [-0.2, 0) is 17.8 Å². The molecule has 0 saturated carbocycles. The highest BCUT2D eigenvalue weighted by molar-refractivity contribution is 7.22. The van der Waals surface area contributed by atoms with E-state index in [1.54, 1.807) is 22.7 Å². The van der Waals surface area contributed by atoms with Crippen LogP contribution in [0.4, 0.5) is 0 Å². The molecule has 3 nitrogen and oxygen atoms in total. The molecule has 0 aromatic carbocycles. The standard InChI is InChI=1S/C11H11NOS2.CH4O/c12-7-9-2-4-11(15-9)10-3-1-8(14-10)5-6-13;1-2/h1-4,6H,5,7,12H2;2H,1H3. The van der Waals surface area contributed by atoms with Crippen LogP contribution in [0.1, 0.15) is 9.75 Å². The first-order chi connectivity index (χ1) is 8.33. The van der Waals surface area contributed by atoms with E-state index in [1.165, 1.54) is 14.6 Å². The summed E-state index contributed by atoms with van der Waals surface area (Å²) in [4.78, 5) is 15.1. The van der Waals surface area contributed by atoms with Crippen molar-refractivity contribution in [1.82, 2.24) is 0 Å². The third-order valence-corrected chi connectivity index (χ3v) is 4.46. The number of aldehydes is 1. The Labute approximate surface area is 109 Å². The monoisotopic (exact) mass is 269 g/mol. The summed E-state index contributed by atoms with van der Waals surface area (Å²) < 4.78 is 0. The molecule has 0 aliphatic carbocycles. The fourth-order valence-electron chi connectivity index (χ4n) is 1.32. The molecule has 2 aromatic heterocycles. The first-order valence-corrected chi connectivity index (χ1v) is 6.73. The average molecular weight is 269 g/mol. The molecule has 0 bridgehead atoms. The third-order valence-electron chi connectivity index (χ3n) is 2.05. The molecule has 17 heavy (non-hydrogen) atoms. The van der Waals surface area contributed by atoms with Crippen LogP contribution in [-0.4, -0.2) is 18.5 Å². The van der Waals surface area contributed by atoms with Gasteiger partial charge in [0.2, 0.25) is 0 Å². The summed E-state index contributed by atoms with van der Waals surface area (Å²) in [7, 11) is 1.00. The van der Waals surface area contributed by atoms with Crippen LogP contribution in [0, 0.1) is 0 Å². The Morgan fingerprint density at radius 2 is 1.65 bits per heavy atom. The van der Waals surface area contributed by atoms with Crippen LogP contribution in [0.5, 0.6) is 0 Å². The van der Waals surface area contributed by atoms with Crippen molar-refractivity contribution in [3.05, 3.63) is 34.0 Å². The number of hydrogen-bond acceptors (Lipinski definition) is 5. The molecule has 0 saturated heterocycles. The van der Waals surface area contributed by atoms with Gasteiger partial charge in [-0.25, -0.2) is 0 Å². The number of aliphatic hydroxyl groups excluding tert-OH is 1. The van der Waals surface area contributed by atoms with Crippen LogP contribution in [0.3, 0.4) is 0 Å². The minimum absolute atomic E-state index is 0.514. The first-order valence-electron chi connectivity index (χ1n) is 5.09. The van der Waals surface area contributed by atoms with Crippen LogP contribution < -0.4 is 5.73 Å². The predicted octanol–water partition coefficient (Wildman–Crippen LogP) is 2.29. The van der Waals surface area contributed by atoms with E-state index in [0.29, 0.717) is 13.0 Å². The molecular formula is C12H15NO2S2. The highest BCUT2D eigenvalue weighted by Crippen LogP contribution is 2.33. The molecule has 0 atom stereocenters. The number of rotatable bonds is 4. The maximum Gasteiger partial charge on any atom is 0.125 e. The quantitative estimate of drug-likeness (QED) is 0.837. The minimum atomic E-state index is 0.514. The Hall–Kier alpha value is -1.01. The van der Waals surface area contributed by atoms with E-state index in [0.717, 1.165) is 18.3 Å². The van der Waals surface area contributed by atoms with Gasteiger partial charge in [-0.05, 0) is 24.3 Å². The van der Waals surface area contributed by atoms with Crippen molar-refractivity contribution in [2.75, 3.05) is 7.11 Å². The predicted molar refractivity (Wildman–Crippen MR) is 73.4 cm³/mol. The second-order valence-corrected chi connectivity index (χ2v) is 5.44. The molecule has 0 spiro atoms. The lowest BCUT2D eigenvalue weighted by atomic mass is 10.3. The van der Waals surface area contributed by atoms with Crippen LogP contribution in [0.15, 0.2) is 24.3 Å². The lowest BCUT2D eigenvalue weighted by molar-refractivity contribution is -0.107. The fraction of sp³-hybridized carbons (Fsp3) is 0.250. The fourth-order valence-corrected chi connectivity index (χ4v) is 3.25. The molecule has 5 heteroatoms. The molecule has 0 fully saturated rings. The second kappa shape index (κ2) is 7.34. The van der Waals surface area contributed by atoms with Gasteiger partial charge in [-0.3, -0.25) is 0 Å². The molecule has 0 aliphatic heterocycles. The summed E-state index contributed by atoms with van der Waals surface area (Å²) in [5.41, 5.74) is 5.56. The normalized spacial score (nSPS) is 9.59. The van der Waals surface area contributed by atoms with Crippen molar-refractivity contribution in [1.29, 1.82) is 0 Å². The maximum atomic E-state index is 10.4. The lowest BCUT2D eigenvalue weighted by Gasteiger charge is -1.89. The highest BCUT2D eigenvalue weighted by Gasteiger charge is 2.05. The number of carbonyl (C=O) groups is 1. The largest absolute Gasteiger partial charge is 0.400 e. The third kappa shape index (κ3) is 3.74. The summed E-state index contributed by atoms with van der Waals surface area (Å²) in [6, 6.07) is 8.22. The molecule has 0 unspecified atom stereocenters. The van der Waals surface area contributed by atoms with Gasteiger partial charge in [0.15, 0.2) is 0 Å². The van der Waals surface area contributed by atoms with E-state index in [-0.39, 0.29) is 0 Å². The van der Waals surface area contributed by atoms with Gasteiger partial charge in [0.25, 0.3) is 0 Å². The van der Waals surface area contributed by atoms with Crippen molar-refractivity contribution >= 4 is 29.0 Å². The van der Waals surface area contributed by atoms with Crippen LogP contribution in [0.25, 0.3) is 9.75 Å². The highest BCUT2D eigenvalue weighted by atomic mass is 32.1. The Kier molecular flexibility index (Phi) is 6.07. The Bertz CT molecular complexity index is 463. The number of thiophene rings is 2. The van der Waals surface area contributed by atoms with Gasteiger partial charge in [-0.15, -0.1) is 22.7 Å². The average Bonchev–Trinajstić information content (AvgIpc) is 3.00. The van der Waals surface area contributed by atoms with Crippen LogP contribution >= 0.6 is 22.7 Å². The number of carbonyl (C=O) groups excluding carboxylic acids is 1. The topological polar surface area (TPSA) is 63.3 Å². The molecule has 0 amide bonds. The maximum absolute atomic E-state index is 10.4. The van der Waals surface area contributed by atoms with Crippen LogP contribution in [0.2, 0.25) is 0 Å². The van der Waals surface area contributed by atoms with Gasteiger partial charge in [0.05, 0.1) is 0 Å².